The summed E-state index contributed by atoms with van der Waals surface area (Å²) in [4.78, 5) is 21.1. The third-order valence-corrected chi connectivity index (χ3v) is 6.48. The minimum atomic E-state index is -3.67. The van der Waals surface area contributed by atoms with Gasteiger partial charge in [0.25, 0.3) is 5.91 Å². The van der Waals surface area contributed by atoms with Gasteiger partial charge in [-0.2, -0.15) is 4.31 Å². The lowest BCUT2D eigenvalue weighted by Gasteiger charge is -2.16. The van der Waals surface area contributed by atoms with Crippen molar-refractivity contribution >= 4 is 21.6 Å². The zero-order chi connectivity index (χ0) is 22.6. The predicted molar refractivity (Wildman–Crippen MR) is 118 cm³/mol. The number of carbonyl (C=O) groups excluding carboxylic acids is 1. The number of hydrogen-bond donors (Lipinski definition) is 1. The number of aryl methyl sites for hydroxylation is 2. The van der Waals surface area contributed by atoms with Crippen molar-refractivity contribution in [3.8, 4) is 5.75 Å². The van der Waals surface area contributed by atoms with Gasteiger partial charge >= 0.3 is 0 Å². The van der Waals surface area contributed by atoms with Crippen LogP contribution in [0.15, 0.2) is 59.8 Å². The van der Waals surface area contributed by atoms with Crippen LogP contribution >= 0.6 is 0 Å². The molecule has 9 heteroatoms. The van der Waals surface area contributed by atoms with Crippen molar-refractivity contribution in [2.75, 3.05) is 19.5 Å². The van der Waals surface area contributed by atoms with Crippen LogP contribution < -0.4 is 10.1 Å². The van der Waals surface area contributed by atoms with Crippen LogP contribution in [0.1, 0.15) is 27.3 Å². The molecule has 0 saturated heterocycles. The van der Waals surface area contributed by atoms with Gasteiger partial charge in [-0.25, -0.2) is 18.4 Å². The summed E-state index contributed by atoms with van der Waals surface area (Å²) in [6.45, 7) is 3.78. The van der Waals surface area contributed by atoms with Gasteiger partial charge < -0.3 is 10.1 Å². The number of benzene rings is 2. The van der Waals surface area contributed by atoms with Gasteiger partial charge in [-0.3, -0.25) is 4.79 Å². The predicted octanol–water partition coefficient (Wildman–Crippen LogP) is 3.18. The van der Waals surface area contributed by atoms with Gasteiger partial charge in [0.05, 0.1) is 29.8 Å². The number of aromatic nitrogens is 2. The van der Waals surface area contributed by atoms with E-state index in [1.54, 1.807) is 36.4 Å². The fourth-order valence-corrected chi connectivity index (χ4v) is 3.97. The Hall–Kier alpha value is -3.30. The van der Waals surface area contributed by atoms with E-state index in [0.717, 1.165) is 11.1 Å². The van der Waals surface area contributed by atoms with E-state index in [1.165, 1.54) is 30.9 Å². The van der Waals surface area contributed by atoms with Crippen molar-refractivity contribution in [2.45, 2.75) is 25.3 Å². The Kier molecular flexibility index (Phi) is 6.67. The van der Waals surface area contributed by atoms with E-state index in [1.807, 2.05) is 19.9 Å². The molecule has 0 radical (unpaired) electrons. The number of carbonyl (C=O) groups is 1. The van der Waals surface area contributed by atoms with Crippen molar-refractivity contribution in [1.82, 2.24) is 14.3 Å². The quantitative estimate of drug-likeness (QED) is 0.606. The first-order valence-corrected chi connectivity index (χ1v) is 10.9. The van der Waals surface area contributed by atoms with Crippen LogP contribution in [0.4, 0.5) is 5.69 Å². The highest BCUT2D eigenvalue weighted by atomic mass is 32.2. The second-order valence-electron chi connectivity index (χ2n) is 7.12. The number of anilines is 1. The molecule has 0 aliphatic carbocycles. The second kappa shape index (κ2) is 9.23. The Morgan fingerprint density at radius 2 is 1.65 bits per heavy atom. The van der Waals surface area contributed by atoms with Crippen molar-refractivity contribution in [3.63, 3.8) is 0 Å². The molecule has 0 fully saturated rings. The monoisotopic (exact) mass is 440 g/mol. The maximum atomic E-state index is 12.7. The molecule has 0 bridgehead atoms. The smallest absolute Gasteiger partial charge is 0.258 e. The van der Waals surface area contributed by atoms with Crippen molar-refractivity contribution in [1.29, 1.82) is 0 Å². The lowest BCUT2D eigenvalue weighted by Crippen LogP contribution is -2.27. The molecule has 162 valence electrons. The Morgan fingerprint density at radius 1 is 1.03 bits per heavy atom. The van der Waals surface area contributed by atoms with Crippen molar-refractivity contribution in [2.24, 2.45) is 0 Å². The molecule has 1 heterocycles. The first kappa shape index (κ1) is 22.4. The van der Waals surface area contributed by atoms with Crippen LogP contribution in [-0.4, -0.2) is 42.8 Å². The molecule has 0 unspecified atom stereocenters. The van der Waals surface area contributed by atoms with E-state index >= 15 is 0 Å². The van der Waals surface area contributed by atoms with E-state index in [2.05, 4.69) is 15.3 Å². The molecule has 1 aromatic heterocycles. The topological polar surface area (TPSA) is 101 Å². The minimum absolute atomic E-state index is 0.0240. The Bertz CT molecular complexity index is 1180. The largest absolute Gasteiger partial charge is 0.495 e. The second-order valence-corrected chi connectivity index (χ2v) is 9.16. The molecule has 2 aromatic carbocycles. The molecule has 0 atom stereocenters. The SMILES string of the molecule is COc1ccc(C)cc1NC(=O)c1cnc(CN(C)S(=O)(=O)c2ccc(C)cc2)nc1. The van der Waals surface area contributed by atoms with E-state index < -0.39 is 15.9 Å². The summed E-state index contributed by atoms with van der Waals surface area (Å²) in [5.41, 5.74) is 2.74. The molecule has 31 heavy (non-hydrogen) atoms. The van der Waals surface area contributed by atoms with E-state index in [0.29, 0.717) is 11.4 Å². The zero-order valence-electron chi connectivity index (χ0n) is 17.8. The molecule has 0 spiro atoms. The maximum absolute atomic E-state index is 12.7. The molecule has 1 N–H and O–H groups in total. The molecule has 0 saturated carbocycles. The highest BCUT2D eigenvalue weighted by Crippen LogP contribution is 2.25. The molecular weight excluding hydrogens is 416 g/mol. The number of ether oxygens (including phenoxy) is 1. The zero-order valence-corrected chi connectivity index (χ0v) is 18.6. The third-order valence-electron chi connectivity index (χ3n) is 4.66. The number of sulfonamides is 1. The van der Waals surface area contributed by atoms with Crippen molar-refractivity contribution < 1.29 is 17.9 Å². The normalized spacial score (nSPS) is 11.4. The van der Waals surface area contributed by atoms with Gasteiger partial charge in [0, 0.05) is 19.4 Å². The van der Waals surface area contributed by atoms with E-state index in [4.69, 9.17) is 4.74 Å². The fourth-order valence-electron chi connectivity index (χ4n) is 2.84. The fraction of sp³-hybridized carbons (Fsp3) is 0.227. The van der Waals surface area contributed by atoms with Crippen LogP contribution in [0.3, 0.4) is 0 Å². The van der Waals surface area contributed by atoms with Crippen molar-refractivity contribution in [3.05, 3.63) is 77.4 Å². The van der Waals surface area contributed by atoms with Gasteiger partial charge in [0.2, 0.25) is 10.0 Å². The summed E-state index contributed by atoms with van der Waals surface area (Å²) in [5.74, 6) is 0.429. The number of amides is 1. The Labute approximate surface area is 182 Å². The average molecular weight is 441 g/mol. The number of nitrogens with zero attached hydrogens (tertiary/aromatic N) is 3. The van der Waals surface area contributed by atoms with Gasteiger partial charge in [0.1, 0.15) is 11.6 Å². The average Bonchev–Trinajstić information content (AvgIpc) is 2.74. The minimum Gasteiger partial charge on any atom is -0.495 e. The lowest BCUT2D eigenvalue weighted by molar-refractivity contribution is 0.102. The summed E-state index contributed by atoms with van der Waals surface area (Å²) in [7, 11) is -0.684. The number of hydrogen-bond acceptors (Lipinski definition) is 6. The summed E-state index contributed by atoms with van der Waals surface area (Å²) in [6, 6.07) is 12.1. The van der Waals surface area contributed by atoms with Gasteiger partial charge in [-0.1, -0.05) is 23.8 Å². The van der Waals surface area contributed by atoms with E-state index in [-0.39, 0.29) is 22.8 Å². The highest BCUT2D eigenvalue weighted by Gasteiger charge is 2.22. The standard InChI is InChI=1S/C22H24N4O4S/c1-15-5-8-18(9-6-15)31(28,29)26(3)14-21-23-12-17(13-24-21)22(27)25-19-11-16(2)7-10-20(19)30-4/h5-13H,14H2,1-4H3,(H,25,27). The number of nitrogens with one attached hydrogen (secondary N) is 1. The molecule has 3 aromatic rings. The third kappa shape index (κ3) is 5.25. The van der Waals surface area contributed by atoms with Crippen LogP contribution in [0.2, 0.25) is 0 Å². The van der Waals surface area contributed by atoms with Crippen LogP contribution in [0, 0.1) is 13.8 Å². The summed E-state index contributed by atoms with van der Waals surface area (Å²) in [6.07, 6.45) is 2.73. The first-order chi connectivity index (χ1) is 14.7. The Morgan fingerprint density at radius 3 is 2.26 bits per heavy atom. The van der Waals surface area contributed by atoms with Crippen LogP contribution in [0.5, 0.6) is 5.75 Å². The first-order valence-electron chi connectivity index (χ1n) is 9.50. The molecule has 0 aliphatic rings. The summed E-state index contributed by atoms with van der Waals surface area (Å²) in [5, 5.41) is 2.78. The molecule has 0 aliphatic heterocycles. The molecule has 8 nitrogen and oxygen atoms in total. The molecule has 3 rings (SSSR count). The van der Waals surface area contributed by atoms with Crippen LogP contribution in [-0.2, 0) is 16.6 Å². The number of methoxy groups -OCH3 is 1. The van der Waals surface area contributed by atoms with Crippen LogP contribution in [0.25, 0.3) is 0 Å². The summed E-state index contributed by atoms with van der Waals surface area (Å²) < 4.78 is 31.9. The van der Waals surface area contributed by atoms with Gasteiger partial charge in [-0.15, -0.1) is 0 Å². The lowest BCUT2D eigenvalue weighted by atomic mass is 10.2. The highest BCUT2D eigenvalue weighted by molar-refractivity contribution is 7.89. The maximum Gasteiger partial charge on any atom is 0.258 e. The number of rotatable bonds is 7. The van der Waals surface area contributed by atoms with Gasteiger partial charge in [-0.05, 0) is 43.7 Å². The molecular formula is C22H24N4O4S. The molecule has 1 amide bonds. The Balaban J connectivity index is 1.70. The van der Waals surface area contributed by atoms with E-state index in [9.17, 15) is 13.2 Å². The summed E-state index contributed by atoms with van der Waals surface area (Å²) >= 11 is 0. The van der Waals surface area contributed by atoms with Gasteiger partial charge in [0.15, 0.2) is 0 Å².